The second kappa shape index (κ2) is 6.01. The Morgan fingerprint density at radius 3 is 2.65 bits per heavy atom. The van der Waals surface area contributed by atoms with Crippen LogP contribution < -0.4 is 0 Å². The molecule has 0 saturated carbocycles. The topological polar surface area (TPSA) is 71.5 Å². The van der Waals surface area contributed by atoms with Crippen molar-refractivity contribution in [3.63, 3.8) is 0 Å². The van der Waals surface area contributed by atoms with Gasteiger partial charge < -0.3 is 0 Å². The highest BCUT2D eigenvalue weighted by Gasteiger charge is 2.28. The molecule has 112 valence electrons. The number of hydrogen-bond acceptors (Lipinski definition) is 4. The maximum Gasteiger partial charge on any atom is 0.243 e. The number of sulfone groups is 1. The summed E-state index contributed by atoms with van der Waals surface area (Å²) in [5.74, 6) is 0.153. The van der Waals surface area contributed by atoms with Gasteiger partial charge in [-0.25, -0.2) is 16.8 Å². The lowest BCUT2D eigenvalue weighted by Gasteiger charge is -2.19. The first kappa shape index (κ1) is 15.8. The van der Waals surface area contributed by atoms with Gasteiger partial charge in [0.1, 0.15) is 0 Å². The van der Waals surface area contributed by atoms with E-state index >= 15 is 0 Å². The minimum Gasteiger partial charge on any atom is -0.229 e. The van der Waals surface area contributed by atoms with Crippen LogP contribution in [0.2, 0.25) is 0 Å². The Morgan fingerprint density at radius 1 is 1.20 bits per heavy atom. The first-order valence-electron chi connectivity index (χ1n) is 6.21. The van der Waals surface area contributed by atoms with E-state index in [-0.39, 0.29) is 35.4 Å². The first-order valence-corrected chi connectivity index (χ1v) is 10.0. The summed E-state index contributed by atoms with van der Waals surface area (Å²) in [4.78, 5) is 0.162. The number of hydrogen-bond donors (Lipinski definition) is 0. The van der Waals surface area contributed by atoms with Crippen molar-refractivity contribution in [2.24, 2.45) is 0 Å². The van der Waals surface area contributed by atoms with Crippen LogP contribution in [0.1, 0.15) is 12.0 Å². The van der Waals surface area contributed by atoms with Gasteiger partial charge in [-0.15, -0.1) is 11.6 Å². The minimum atomic E-state index is -3.66. The molecule has 8 heteroatoms. The normalized spacial score (nSPS) is 20.4. The molecule has 1 heterocycles. The summed E-state index contributed by atoms with van der Waals surface area (Å²) in [6.07, 6.45) is 0.330. The van der Waals surface area contributed by atoms with Crippen LogP contribution in [0.15, 0.2) is 29.2 Å². The van der Waals surface area contributed by atoms with Crippen molar-refractivity contribution in [2.75, 3.05) is 24.6 Å². The molecule has 0 N–H and O–H groups in total. The quantitative estimate of drug-likeness (QED) is 0.778. The Labute approximate surface area is 124 Å². The van der Waals surface area contributed by atoms with Crippen LogP contribution in [0.3, 0.4) is 0 Å². The van der Waals surface area contributed by atoms with Gasteiger partial charge in [-0.05, 0) is 24.1 Å². The third kappa shape index (κ3) is 3.52. The summed E-state index contributed by atoms with van der Waals surface area (Å²) in [6, 6.07) is 6.42. The van der Waals surface area contributed by atoms with Gasteiger partial charge in [0.2, 0.25) is 10.0 Å². The van der Waals surface area contributed by atoms with E-state index in [9.17, 15) is 16.8 Å². The monoisotopic (exact) mass is 337 g/mol. The predicted molar refractivity (Wildman–Crippen MR) is 78.0 cm³/mol. The Kier molecular flexibility index (Phi) is 4.73. The number of rotatable bonds is 3. The predicted octanol–water partition coefficient (Wildman–Crippen LogP) is 1.23. The van der Waals surface area contributed by atoms with Crippen LogP contribution in [-0.4, -0.2) is 45.7 Å². The van der Waals surface area contributed by atoms with Crippen LogP contribution in [0.4, 0.5) is 0 Å². The Hall–Kier alpha value is -0.630. The molecule has 2 rings (SSSR count). The van der Waals surface area contributed by atoms with Crippen LogP contribution >= 0.6 is 11.6 Å². The number of halogens is 1. The molecule has 0 spiro atoms. The highest BCUT2D eigenvalue weighted by atomic mass is 35.5. The third-order valence-corrected chi connectivity index (χ3v) is 7.12. The molecule has 0 unspecified atom stereocenters. The standard InChI is InChI=1S/C12H16ClNO4S2/c13-10-11-3-1-4-12(9-11)20(17,18)14-5-2-7-19(15,16)8-6-14/h1,3-4,9H,2,5-8,10H2. The van der Waals surface area contributed by atoms with Crippen LogP contribution in [0.5, 0.6) is 0 Å². The Balaban J connectivity index is 2.30. The molecule has 0 aliphatic carbocycles. The number of benzene rings is 1. The second-order valence-electron chi connectivity index (χ2n) is 4.69. The van der Waals surface area contributed by atoms with E-state index in [0.717, 1.165) is 5.56 Å². The summed E-state index contributed by atoms with van der Waals surface area (Å²) in [5.41, 5.74) is 0.718. The van der Waals surface area contributed by atoms with Gasteiger partial charge in [0.25, 0.3) is 0 Å². The second-order valence-corrected chi connectivity index (χ2v) is 9.20. The van der Waals surface area contributed by atoms with E-state index in [1.165, 1.54) is 16.4 Å². The van der Waals surface area contributed by atoms with Crippen molar-refractivity contribution in [3.8, 4) is 0 Å². The fourth-order valence-corrected chi connectivity index (χ4v) is 5.20. The number of sulfonamides is 1. The van der Waals surface area contributed by atoms with E-state index in [2.05, 4.69) is 0 Å². The van der Waals surface area contributed by atoms with E-state index in [1.807, 2.05) is 0 Å². The fourth-order valence-electron chi connectivity index (χ4n) is 2.09. The van der Waals surface area contributed by atoms with Crippen LogP contribution in [0.25, 0.3) is 0 Å². The van der Waals surface area contributed by atoms with Gasteiger partial charge in [-0.2, -0.15) is 4.31 Å². The van der Waals surface area contributed by atoms with Crippen molar-refractivity contribution in [3.05, 3.63) is 29.8 Å². The lowest BCUT2D eigenvalue weighted by molar-refractivity contribution is 0.434. The zero-order valence-electron chi connectivity index (χ0n) is 10.8. The molecule has 1 aromatic carbocycles. The largest absolute Gasteiger partial charge is 0.243 e. The fraction of sp³-hybridized carbons (Fsp3) is 0.500. The molecule has 1 aliphatic rings. The highest BCUT2D eigenvalue weighted by Crippen LogP contribution is 2.20. The molecule has 5 nitrogen and oxygen atoms in total. The number of nitrogens with zero attached hydrogens (tertiary/aromatic N) is 1. The first-order chi connectivity index (χ1) is 9.35. The van der Waals surface area contributed by atoms with Crippen LogP contribution in [-0.2, 0) is 25.7 Å². The molecular weight excluding hydrogens is 322 g/mol. The van der Waals surface area contributed by atoms with Gasteiger partial charge in [0, 0.05) is 19.0 Å². The molecule has 1 aromatic rings. The summed E-state index contributed by atoms with van der Waals surface area (Å²) in [6.45, 7) is 0.239. The van der Waals surface area contributed by atoms with Gasteiger partial charge in [-0.1, -0.05) is 12.1 Å². The molecule has 20 heavy (non-hydrogen) atoms. The lowest BCUT2D eigenvalue weighted by Crippen LogP contribution is -2.33. The average molecular weight is 338 g/mol. The SMILES string of the molecule is O=S1(=O)CCCN(S(=O)(=O)c2cccc(CCl)c2)CC1. The molecule has 1 aliphatic heterocycles. The molecular formula is C12H16ClNO4S2. The summed E-state index contributed by atoms with van der Waals surface area (Å²) >= 11 is 5.71. The zero-order valence-corrected chi connectivity index (χ0v) is 13.2. The average Bonchev–Trinajstić information content (AvgIpc) is 2.60. The van der Waals surface area contributed by atoms with E-state index < -0.39 is 19.9 Å². The molecule has 1 saturated heterocycles. The summed E-state index contributed by atoms with van der Waals surface area (Å²) < 4.78 is 49.3. The highest BCUT2D eigenvalue weighted by molar-refractivity contribution is 7.91. The van der Waals surface area contributed by atoms with Crippen molar-refractivity contribution in [1.82, 2.24) is 4.31 Å². The molecule has 0 atom stereocenters. The third-order valence-electron chi connectivity index (χ3n) is 3.21. The van der Waals surface area contributed by atoms with Crippen molar-refractivity contribution >= 4 is 31.5 Å². The van der Waals surface area contributed by atoms with E-state index in [4.69, 9.17) is 11.6 Å². The minimum absolute atomic E-state index is 0.00969. The Bertz CT molecular complexity index is 685. The smallest absolute Gasteiger partial charge is 0.229 e. The molecule has 1 fully saturated rings. The van der Waals surface area contributed by atoms with Gasteiger partial charge in [-0.3, -0.25) is 0 Å². The Morgan fingerprint density at radius 2 is 1.95 bits per heavy atom. The lowest BCUT2D eigenvalue weighted by atomic mass is 10.2. The molecule has 0 bridgehead atoms. The van der Waals surface area contributed by atoms with Gasteiger partial charge >= 0.3 is 0 Å². The van der Waals surface area contributed by atoms with E-state index in [1.54, 1.807) is 12.1 Å². The molecule has 0 radical (unpaired) electrons. The van der Waals surface area contributed by atoms with Crippen molar-refractivity contribution < 1.29 is 16.8 Å². The summed E-state index contributed by atoms with van der Waals surface area (Å²) in [7, 11) is -6.79. The van der Waals surface area contributed by atoms with Gasteiger partial charge in [0.15, 0.2) is 9.84 Å². The van der Waals surface area contributed by atoms with Crippen LogP contribution in [0, 0.1) is 0 Å². The molecule has 0 aromatic heterocycles. The van der Waals surface area contributed by atoms with Crippen molar-refractivity contribution in [1.29, 1.82) is 0 Å². The maximum absolute atomic E-state index is 12.5. The van der Waals surface area contributed by atoms with Crippen molar-refractivity contribution in [2.45, 2.75) is 17.2 Å². The number of alkyl halides is 1. The summed E-state index contributed by atoms with van der Waals surface area (Å²) in [5, 5.41) is 0. The maximum atomic E-state index is 12.5. The molecule has 0 amide bonds. The zero-order chi connectivity index (χ0) is 14.8. The van der Waals surface area contributed by atoms with Gasteiger partial charge in [0.05, 0.1) is 16.4 Å². The van der Waals surface area contributed by atoms with E-state index in [0.29, 0.717) is 6.42 Å².